The summed E-state index contributed by atoms with van der Waals surface area (Å²) in [6.45, 7) is 0. The van der Waals surface area contributed by atoms with Crippen molar-refractivity contribution in [1.29, 1.82) is 0 Å². The number of rotatable bonds is 6. The molecular weight excluding hydrogens is 546 g/mol. The molecule has 178 valence electrons. The third kappa shape index (κ3) is 4.95. The van der Waals surface area contributed by atoms with Crippen LogP contribution in [0.3, 0.4) is 0 Å². The number of hydrogen-bond donors (Lipinski definition) is 2. The van der Waals surface area contributed by atoms with Crippen molar-refractivity contribution in [2.45, 2.75) is 12.1 Å². The summed E-state index contributed by atoms with van der Waals surface area (Å²) >= 11 is 9.38. The van der Waals surface area contributed by atoms with Gasteiger partial charge in [0.25, 0.3) is 0 Å². The van der Waals surface area contributed by atoms with Crippen LogP contribution in [0.1, 0.15) is 23.5 Å². The molecule has 0 radical (unpaired) electrons. The van der Waals surface area contributed by atoms with Crippen LogP contribution in [0, 0.1) is 0 Å². The number of halogens is 1. The SMILES string of the molecule is CS(=O)(=O)Nc1ccc(N2C(=S)N[C@H](c3ccccn3)[C@@H]2c2cccn2-c2cccc(Br)c2)cc1. The predicted octanol–water partition coefficient (Wildman–Crippen LogP) is 5.18. The van der Waals surface area contributed by atoms with Crippen LogP contribution in [0.2, 0.25) is 0 Å². The number of pyridine rings is 1. The van der Waals surface area contributed by atoms with Crippen molar-refractivity contribution in [2.75, 3.05) is 15.9 Å². The van der Waals surface area contributed by atoms with Gasteiger partial charge < -0.3 is 14.8 Å². The van der Waals surface area contributed by atoms with E-state index >= 15 is 0 Å². The molecule has 0 bridgehead atoms. The number of nitrogens with one attached hydrogen (secondary N) is 2. The molecule has 2 aromatic carbocycles. The Morgan fingerprint density at radius 2 is 1.80 bits per heavy atom. The highest BCUT2D eigenvalue weighted by atomic mass is 79.9. The number of hydrogen-bond acceptors (Lipinski definition) is 4. The summed E-state index contributed by atoms with van der Waals surface area (Å²) in [4.78, 5) is 6.67. The number of anilines is 2. The van der Waals surface area contributed by atoms with Crippen LogP contribution in [0.15, 0.2) is 95.7 Å². The highest BCUT2D eigenvalue weighted by molar-refractivity contribution is 9.10. The number of benzene rings is 2. The Balaban J connectivity index is 1.61. The van der Waals surface area contributed by atoms with Crippen molar-refractivity contribution in [3.8, 4) is 5.69 Å². The van der Waals surface area contributed by atoms with E-state index in [4.69, 9.17) is 12.2 Å². The van der Waals surface area contributed by atoms with Crippen LogP contribution in [0.4, 0.5) is 11.4 Å². The van der Waals surface area contributed by atoms with Gasteiger partial charge in [-0.15, -0.1) is 0 Å². The average molecular weight is 569 g/mol. The zero-order chi connectivity index (χ0) is 24.6. The van der Waals surface area contributed by atoms with Gasteiger partial charge in [-0.3, -0.25) is 9.71 Å². The third-order valence-electron chi connectivity index (χ3n) is 5.72. The molecule has 0 saturated carbocycles. The molecule has 0 spiro atoms. The van der Waals surface area contributed by atoms with E-state index in [1.807, 2.05) is 54.7 Å². The van der Waals surface area contributed by atoms with Crippen molar-refractivity contribution in [3.63, 3.8) is 0 Å². The van der Waals surface area contributed by atoms with Gasteiger partial charge in [0.05, 0.1) is 18.0 Å². The molecule has 0 unspecified atom stereocenters. The van der Waals surface area contributed by atoms with Crippen molar-refractivity contribution >= 4 is 54.7 Å². The van der Waals surface area contributed by atoms with Crippen molar-refractivity contribution in [3.05, 3.63) is 107 Å². The Labute approximate surface area is 218 Å². The summed E-state index contributed by atoms with van der Waals surface area (Å²) in [6.07, 6.45) is 4.94. The van der Waals surface area contributed by atoms with E-state index in [1.165, 1.54) is 0 Å². The normalized spacial score (nSPS) is 17.9. The van der Waals surface area contributed by atoms with Gasteiger partial charge in [-0.1, -0.05) is 28.1 Å². The standard InChI is InChI=1S/C25H22BrN5O2S2/c1-35(32,33)29-18-10-12-19(13-11-18)31-24(23(28-25(31)34)21-8-2-3-14-27-21)22-9-5-15-30(22)20-7-4-6-17(26)16-20/h2-16,23-24,29H,1H3,(H,28,34)/t23-,24+/m1/s1. The summed E-state index contributed by atoms with van der Waals surface area (Å²) in [5.74, 6) is 0. The van der Waals surface area contributed by atoms with E-state index in [-0.39, 0.29) is 12.1 Å². The predicted molar refractivity (Wildman–Crippen MR) is 146 cm³/mol. The van der Waals surface area contributed by atoms with E-state index in [0.29, 0.717) is 10.8 Å². The van der Waals surface area contributed by atoms with E-state index < -0.39 is 10.0 Å². The van der Waals surface area contributed by atoms with Crippen LogP contribution in [0.25, 0.3) is 5.69 Å². The van der Waals surface area contributed by atoms with Crippen LogP contribution < -0.4 is 14.9 Å². The third-order valence-corrected chi connectivity index (χ3v) is 7.13. The number of nitrogens with zero attached hydrogens (tertiary/aromatic N) is 3. The van der Waals surface area contributed by atoms with E-state index in [2.05, 4.69) is 58.6 Å². The van der Waals surface area contributed by atoms with Gasteiger partial charge in [-0.05, 0) is 78.9 Å². The fourth-order valence-corrected chi connectivity index (χ4v) is 5.63. The number of sulfonamides is 1. The van der Waals surface area contributed by atoms with Crippen LogP contribution >= 0.6 is 28.1 Å². The Morgan fingerprint density at radius 3 is 2.49 bits per heavy atom. The number of aromatic nitrogens is 2. The topological polar surface area (TPSA) is 79.3 Å². The second-order valence-electron chi connectivity index (χ2n) is 8.20. The average Bonchev–Trinajstić information content (AvgIpc) is 3.43. The summed E-state index contributed by atoms with van der Waals surface area (Å²) in [5.41, 5.74) is 4.25. The maximum absolute atomic E-state index is 11.6. The molecule has 5 rings (SSSR count). The molecular formula is C25H22BrN5O2S2. The van der Waals surface area contributed by atoms with Crippen molar-refractivity contribution < 1.29 is 8.42 Å². The summed E-state index contributed by atoms with van der Waals surface area (Å²) in [6, 6.07) is 24.9. The summed E-state index contributed by atoms with van der Waals surface area (Å²) in [7, 11) is -3.37. The van der Waals surface area contributed by atoms with Gasteiger partial charge in [0.2, 0.25) is 10.0 Å². The van der Waals surface area contributed by atoms with Gasteiger partial charge in [-0.2, -0.15) is 0 Å². The monoisotopic (exact) mass is 567 g/mol. The molecule has 1 aliphatic rings. The first-order valence-electron chi connectivity index (χ1n) is 10.8. The first-order valence-corrected chi connectivity index (χ1v) is 13.9. The fraction of sp³-hybridized carbons (Fsp3) is 0.120. The lowest BCUT2D eigenvalue weighted by Gasteiger charge is -2.29. The maximum atomic E-state index is 11.6. The fourth-order valence-electron chi connectivity index (χ4n) is 4.33. The molecule has 1 fully saturated rings. The first-order chi connectivity index (χ1) is 16.8. The molecule has 1 saturated heterocycles. The van der Waals surface area contributed by atoms with Crippen molar-refractivity contribution in [2.24, 2.45) is 0 Å². The van der Waals surface area contributed by atoms with Gasteiger partial charge >= 0.3 is 0 Å². The second kappa shape index (κ2) is 9.44. The van der Waals surface area contributed by atoms with Gasteiger partial charge in [0.1, 0.15) is 6.04 Å². The molecule has 2 N–H and O–H groups in total. The molecule has 10 heteroatoms. The van der Waals surface area contributed by atoms with Gasteiger partial charge in [0, 0.05) is 39.6 Å². The maximum Gasteiger partial charge on any atom is 0.229 e. The first kappa shape index (κ1) is 23.5. The summed E-state index contributed by atoms with van der Waals surface area (Å²) < 4.78 is 28.9. The van der Waals surface area contributed by atoms with E-state index in [9.17, 15) is 8.42 Å². The zero-order valence-electron chi connectivity index (χ0n) is 18.7. The van der Waals surface area contributed by atoms with Crippen LogP contribution in [0.5, 0.6) is 0 Å². The molecule has 1 aliphatic heterocycles. The highest BCUT2D eigenvalue weighted by Crippen LogP contribution is 2.42. The van der Waals surface area contributed by atoms with Gasteiger partial charge in [0.15, 0.2) is 5.11 Å². The molecule has 3 heterocycles. The molecule has 0 aliphatic carbocycles. The van der Waals surface area contributed by atoms with E-state index in [0.717, 1.165) is 33.5 Å². The zero-order valence-corrected chi connectivity index (χ0v) is 21.9. The lowest BCUT2D eigenvalue weighted by molar-refractivity contribution is 0.549. The van der Waals surface area contributed by atoms with Gasteiger partial charge in [-0.25, -0.2) is 8.42 Å². The molecule has 7 nitrogen and oxygen atoms in total. The quantitative estimate of drug-likeness (QED) is 0.312. The lowest BCUT2D eigenvalue weighted by atomic mass is 10.0. The Kier molecular flexibility index (Phi) is 6.35. The van der Waals surface area contributed by atoms with Crippen molar-refractivity contribution in [1.82, 2.24) is 14.9 Å². The molecule has 0 amide bonds. The second-order valence-corrected chi connectivity index (χ2v) is 11.3. The van der Waals surface area contributed by atoms with E-state index in [1.54, 1.807) is 18.3 Å². The minimum absolute atomic E-state index is 0.196. The molecule has 35 heavy (non-hydrogen) atoms. The Bertz CT molecular complexity index is 1470. The Hall–Kier alpha value is -3.21. The highest BCUT2D eigenvalue weighted by Gasteiger charge is 2.42. The minimum atomic E-state index is -3.37. The minimum Gasteiger partial charge on any atom is -0.351 e. The molecule has 4 aromatic rings. The smallest absolute Gasteiger partial charge is 0.229 e. The molecule has 2 atom stereocenters. The largest absolute Gasteiger partial charge is 0.351 e. The van der Waals surface area contributed by atoms with Crippen LogP contribution in [-0.2, 0) is 10.0 Å². The van der Waals surface area contributed by atoms with Crippen LogP contribution in [-0.4, -0.2) is 29.3 Å². The molecule has 2 aromatic heterocycles. The Morgan fingerprint density at radius 1 is 1.00 bits per heavy atom. The number of thiocarbonyl (C=S) groups is 1. The lowest BCUT2D eigenvalue weighted by Crippen LogP contribution is -2.30. The summed E-state index contributed by atoms with van der Waals surface area (Å²) in [5, 5.41) is 4.03.